The third-order valence-electron chi connectivity index (χ3n) is 2.17. The molecule has 0 atom stereocenters. The van der Waals surface area contributed by atoms with Crippen LogP contribution >= 0.6 is 0 Å². The monoisotopic (exact) mass is 255 g/mol. The molecular weight excluding hydrogens is 233 g/mol. The van der Waals surface area contributed by atoms with Crippen LogP contribution in [0.2, 0.25) is 0 Å². The van der Waals surface area contributed by atoms with Crippen molar-refractivity contribution in [2.75, 3.05) is 0 Å². The van der Waals surface area contributed by atoms with Crippen LogP contribution in [0.1, 0.15) is 41.5 Å². The summed E-state index contributed by atoms with van der Waals surface area (Å²) in [5, 5.41) is 0. The van der Waals surface area contributed by atoms with E-state index in [4.69, 9.17) is 0 Å². The van der Waals surface area contributed by atoms with E-state index < -0.39 is 0 Å². The number of hydrogen-bond donors (Lipinski definition) is 0. The molecule has 75 valence electrons. The Morgan fingerprint density at radius 3 is 0.923 bits per heavy atom. The quantitative estimate of drug-likeness (QED) is 0.573. The second-order valence-corrected chi connectivity index (χ2v) is 5.46. The van der Waals surface area contributed by atoms with Crippen LogP contribution in [-0.2, 0) is 32.7 Å². The molecule has 0 heterocycles. The fraction of sp³-hybridized carbons (Fsp3) is 0.667. The first-order valence-electron chi connectivity index (χ1n) is 4.46. The van der Waals surface area contributed by atoms with Gasteiger partial charge in [-0.05, 0) is 0 Å². The molecule has 0 amide bonds. The minimum atomic E-state index is 0. The van der Waals surface area contributed by atoms with E-state index in [1.807, 2.05) is 0 Å². The third kappa shape index (κ3) is 5.13. The molecule has 0 aromatic heterocycles. The van der Waals surface area contributed by atoms with Gasteiger partial charge in [0.25, 0.3) is 0 Å². The van der Waals surface area contributed by atoms with E-state index in [2.05, 4.69) is 55.4 Å². The van der Waals surface area contributed by atoms with Crippen molar-refractivity contribution in [3.63, 3.8) is 0 Å². The molecule has 13 heavy (non-hydrogen) atoms. The Labute approximate surface area is 109 Å². The van der Waals surface area contributed by atoms with Gasteiger partial charge in [-0.15, -0.1) is 10.8 Å². The maximum Gasteiger partial charge on any atom is 0 e. The van der Waals surface area contributed by atoms with Crippen molar-refractivity contribution in [1.82, 2.24) is 0 Å². The van der Waals surface area contributed by atoms with Crippen LogP contribution in [0.5, 0.6) is 0 Å². The smallest absolute Gasteiger partial charge is 0 e. The summed E-state index contributed by atoms with van der Waals surface area (Å²) in [5.41, 5.74) is 2.61. The molecule has 0 N–H and O–H groups in total. The van der Waals surface area contributed by atoms with E-state index >= 15 is 0 Å². The van der Waals surface area contributed by atoms with Crippen LogP contribution in [0, 0.1) is 24.7 Å². The Hall–Kier alpha value is 0.584. The first-order valence-corrected chi connectivity index (χ1v) is 4.46. The van der Waals surface area contributed by atoms with Crippen LogP contribution in [0.25, 0.3) is 0 Å². The molecule has 0 aliphatic rings. The molecule has 0 aromatic rings. The summed E-state index contributed by atoms with van der Waals surface area (Å²) in [6.45, 7) is 21.2. The van der Waals surface area contributed by atoms with Crippen LogP contribution in [0.3, 0.4) is 0 Å². The molecule has 0 aliphatic heterocycles. The summed E-state index contributed by atoms with van der Waals surface area (Å²) in [6, 6.07) is 0. The Kier molecular flexibility index (Phi) is 6.03. The van der Waals surface area contributed by atoms with E-state index in [0.717, 1.165) is 11.1 Å². The molecule has 0 saturated heterocycles. The maximum atomic E-state index is 4.09. The average molecular weight is 255 g/mol. The second-order valence-electron chi connectivity index (χ2n) is 5.46. The molecule has 0 unspecified atom stereocenters. The average Bonchev–Trinajstić information content (AvgIpc) is 1.80. The minimum Gasteiger partial charge on any atom is -0.358 e. The predicted octanol–water partition coefficient (Wildman–Crippen LogP) is 4.04. The summed E-state index contributed by atoms with van der Waals surface area (Å²) < 4.78 is 0. The van der Waals surface area contributed by atoms with E-state index in [-0.39, 0.29) is 43.5 Å². The van der Waals surface area contributed by atoms with Crippen molar-refractivity contribution in [3.8, 4) is 0 Å². The number of hydrogen-bond acceptors (Lipinski definition) is 0. The van der Waals surface area contributed by atoms with Gasteiger partial charge >= 0.3 is 0 Å². The van der Waals surface area contributed by atoms with Crippen LogP contribution < -0.4 is 0 Å². The molecule has 0 aliphatic carbocycles. The standard InChI is InChI=1S/C12H22.Y/c1-9(11(3,4)5)10(2)12(6,7)8;/h1-2H2,3-8H3;/q-2;. The Morgan fingerprint density at radius 1 is 0.692 bits per heavy atom. The molecule has 0 spiro atoms. The third-order valence-corrected chi connectivity index (χ3v) is 2.17. The second kappa shape index (κ2) is 4.89. The van der Waals surface area contributed by atoms with Gasteiger partial charge in [0.1, 0.15) is 0 Å². The normalized spacial score (nSPS) is 14.6. The SMILES string of the molecule is [CH2-]C(=C([CH2-])C(C)(C)C)C(C)(C)C.[Y]. The van der Waals surface area contributed by atoms with Crippen molar-refractivity contribution < 1.29 is 32.7 Å². The van der Waals surface area contributed by atoms with Crippen molar-refractivity contribution in [1.29, 1.82) is 0 Å². The maximum absolute atomic E-state index is 4.09. The largest absolute Gasteiger partial charge is 0.358 e. The van der Waals surface area contributed by atoms with Crippen molar-refractivity contribution in [2.45, 2.75) is 41.5 Å². The summed E-state index contributed by atoms with van der Waals surface area (Å²) in [7, 11) is 0. The van der Waals surface area contributed by atoms with Gasteiger partial charge in [-0.3, -0.25) is 0 Å². The van der Waals surface area contributed by atoms with Crippen LogP contribution in [0.15, 0.2) is 11.1 Å². The van der Waals surface area contributed by atoms with Gasteiger partial charge in [0.15, 0.2) is 0 Å². The van der Waals surface area contributed by atoms with Gasteiger partial charge in [0.2, 0.25) is 0 Å². The molecule has 0 nitrogen and oxygen atoms in total. The zero-order valence-corrected chi connectivity index (χ0v) is 12.8. The Morgan fingerprint density at radius 2 is 0.846 bits per heavy atom. The molecule has 0 saturated carbocycles. The van der Waals surface area contributed by atoms with E-state index in [9.17, 15) is 0 Å². The molecule has 0 fully saturated rings. The first kappa shape index (κ1) is 16.0. The van der Waals surface area contributed by atoms with Crippen LogP contribution in [0.4, 0.5) is 0 Å². The Balaban J connectivity index is 0. The van der Waals surface area contributed by atoms with Gasteiger partial charge in [-0.1, -0.05) is 41.5 Å². The molecule has 1 heteroatoms. The van der Waals surface area contributed by atoms with Crippen molar-refractivity contribution >= 4 is 0 Å². The van der Waals surface area contributed by atoms with Crippen molar-refractivity contribution in [2.24, 2.45) is 10.8 Å². The van der Waals surface area contributed by atoms with Gasteiger partial charge in [-0.2, -0.15) is 0 Å². The summed E-state index contributed by atoms with van der Waals surface area (Å²) in [5.74, 6) is 0. The minimum absolute atomic E-state index is 0. The molecule has 0 bridgehead atoms. The number of rotatable bonds is 0. The van der Waals surface area contributed by atoms with Gasteiger partial charge in [0.05, 0.1) is 0 Å². The molecule has 1 radical (unpaired) electrons. The molecule has 0 aromatic carbocycles. The fourth-order valence-electron chi connectivity index (χ4n) is 0.905. The zero-order valence-electron chi connectivity index (χ0n) is 9.99. The molecule has 0 rings (SSSR count). The first-order chi connectivity index (χ1) is 5.07. The fourth-order valence-corrected chi connectivity index (χ4v) is 0.905. The van der Waals surface area contributed by atoms with E-state index in [1.54, 1.807) is 0 Å². The van der Waals surface area contributed by atoms with E-state index in [0.29, 0.717) is 0 Å². The molecular formula is C12H22Y-2. The van der Waals surface area contributed by atoms with Crippen molar-refractivity contribution in [3.05, 3.63) is 25.0 Å². The Bertz CT molecular complexity index is 164. The summed E-state index contributed by atoms with van der Waals surface area (Å²) >= 11 is 0. The number of allylic oxidation sites excluding steroid dienone is 2. The van der Waals surface area contributed by atoms with Gasteiger partial charge in [0, 0.05) is 32.7 Å². The summed E-state index contributed by atoms with van der Waals surface area (Å²) in [6.07, 6.45) is 0. The van der Waals surface area contributed by atoms with Gasteiger partial charge in [-0.25, -0.2) is 0 Å². The predicted molar refractivity (Wildman–Crippen MR) is 56.7 cm³/mol. The van der Waals surface area contributed by atoms with E-state index in [1.165, 1.54) is 0 Å². The van der Waals surface area contributed by atoms with Gasteiger partial charge < -0.3 is 25.0 Å². The topological polar surface area (TPSA) is 0 Å². The zero-order chi connectivity index (χ0) is 10.2. The summed E-state index contributed by atoms with van der Waals surface area (Å²) in [4.78, 5) is 0. The van der Waals surface area contributed by atoms with Crippen LogP contribution in [-0.4, -0.2) is 0 Å².